The number of rotatable bonds is 5. The van der Waals surface area contributed by atoms with E-state index in [1.54, 1.807) is 0 Å². The fourth-order valence-corrected chi connectivity index (χ4v) is 2.06. The van der Waals surface area contributed by atoms with Gasteiger partial charge in [0.1, 0.15) is 5.60 Å². The number of hydrogen-bond acceptors (Lipinski definition) is 3. The number of ether oxygens (including phenoxy) is 1. The largest absolute Gasteiger partial charge is 0.368 e. The van der Waals surface area contributed by atoms with Crippen molar-refractivity contribution in [1.82, 2.24) is 4.90 Å². The molecule has 14 heavy (non-hydrogen) atoms. The third kappa shape index (κ3) is 2.79. The van der Waals surface area contributed by atoms with Crippen LogP contribution in [0.1, 0.15) is 33.1 Å². The van der Waals surface area contributed by atoms with E-state index in [0.29, 0.717) is 6.61 Å². The monoisotopic (exact) mass is 199 g/mol. The van der Waals surface area contributed by atoms with E-state index in [1.165, 1.54) is 6.42 Å². The number of carbonyl (C=O) groups excluding carboxylic acids is 1. The summed E-state index contributed by atoms with van der Waals surface area (Å²) in [5, 5.41) is 0. The van der Waals surface area contributed by atoms with E-state index in [1.807, 2.05) is 6.92 Å². The summed E-state index contributed by atoms with van der Waals surface area (Å²) in [7, 11) is 0. The van der Waals surface area contributed by atoms with Crippen molar-refractivity contribution in [3.63, 3.8) is 0 Å². The maximum Gasteiger partial charge on any atom is 0.151 e. The molecular formula is C11H21NO2. The van der Waals surface area contributed by atoms with Crippen LogP contribution in [-0.2, 0) is 9.53 Å². The van der Waals surface area contributed by atoms with Crippen LogP contribution in [0.15, 0.2) is 0 Å². The molecule has 0 radical (unpaired) electrons. The molecule has 0 spiro atoms. The molecule has 0 saturated carbocycles. The van der Waals surface area contributed by atoms with Crippen molar-refractivity contribution in [3.05, 3.63) is 0 Å². The molecule has 0 bridgehead atoms. The Balaban J connectivity index is 2.42. The first kappa shape index (κ1) is 11.7. The van der Waals surface area contributed by atoms with Crippen LogP contribution in [0.3, 0.4) is 0 Å². The minimum absolute atomic E-state index is 0.473. The van der Waals surface area contributed by atoms with Gasteiger partial charge in [0.25, 0.3) is 0 Å². The van der Waals surface area contributed by atoms with Crippen LogP contribution in [0.4, 0.5) is 0 Å². The summed E-state index contributed by atoms with van der Waals surface area (Å²) in [6.45, 7) is 7.89. The maximum absolute atomic E-state index is 11.0. The first-order valence-electron chi connectivity index (χ1n) is 5.59. The second-order valence-electron chi connectivity index (χ2n) is 3.96. The van der Waals surface area contributed by atoms with Crippen LogP contribution in [0.25, 0.3) is 0 Å². The van der Waals surface area contributed by atoms with E-state index in [4.69, 9.17) is 4.74 Å². The smallest absolute Gasteiger partial charge is 0.151 e. The first-order chi connectivity index (χ1) is 6.76. The predicted molar refractivity (Wildman–Crippen MR) is 56.4 cm³/mol. The molecule has 0 aromatic heterocycles. The van der Waals surface area contributed by atoms with Crippen LogP contribution in [0.5, 0.6) is 0 Å². The van der Waals surface area contributed by atoms with Crippen LogP contribution in [0.2, 0.25) is 0 Å². The van der Waals surface area contributed by atoms with Crippen LogP contribution in [0, 0.1) is 0 Å². The third-order valence-corrected chi connectivity index (χ3v) is 2.89. The highest BCUT2D eigenvalue weighted by Gasteiger charge is 2.34. The van der Waals surface area contributed by atoms with Gasteiger partial charge >= 0.3 is 0 Å². The standard InChI is InChI=1S/C11H21NO2/c1-3-7-12-8-5-11(10-13,6-9-12)14-4-2/h10H,3-9H2,1-2H3. The van der Waals surface area contributed by atoms with Crippen molar-refractivity contribution < 1.29 is 9.53 Å². The van der Waals surface area contributed by atoms with Gasteiger partial charge in [-0.1, -0.05) is 6.92 Å². The number of likely N-dealkylation sites (tertiary alicyclic amines) is 1. The molecule has 1 saturated heterocycles. The number of hydrogen-bond donors (Lipinski definition) is 0. The minimum Gasteiger partial charge on any atom is -0.368 e. The van der Waals surface area contributed by atoms with Crippen molar-refractivity contribution in [2.24, 2.45) is 0 Å². The lowest BCUT2D eigenvalue weighted by atomic mass is 9.92. The Bertz CT molecular complexity index is 174. The SMILES string of the molecule is CCCN1CCC(C=O)(OCC)CC1. The molecule has 1 rings (SSSR count). The minimum atomic E-state index is -0.473. The second kappa shape index (κ2) is 5.47. The number of aldehydes is 1. The van der Waals surface area contributed by atoms with Crippen molar-refractivity contribution >= 4 is 6.29 Å². The first-order valence-corrected chi connectivity index (χ1v) is 5.59. The zero-order valence-corrected chi connectivity index (χ0v) is 9.29. The quantitative estimate of drug-likeness (QED) is 0.628. The highest BCUT2D eigenvalue weighted by Crippen LogP contribution is 2.24. The van der Waals surface area contributed by atoms with E-state index in [9.17, 15) is 4.79 Å². The zero-order chi connectivity index (χ0) is 10.4. The van der Waals surface area contributed by atoms with Gasteiger partial charge in [0.15, 0.2) is 6.29 Å². The summed E-state index contributed by atoms with van der Waals surface area (Å²) in [6, 6.07) is 0. The van der Waals surface area contributed by atoms with Gasteiger partial charge in [0.05, 0.1) is 0 Å². The number of piperidine rings is 1. The molecule has 0 N–H and O–H groups in total. The molecule has 1 aliphatic heterocycles. The van der Waals surface area contributed by atoms with Gasteiger partial charge in [0.2, 0.25) is 0 Å². The normalized spacial score (nSPS) is 22.1. The highest BCUT2D eigenvalue weighted by molar-refractivity contribution is 5.62. The van der Waals surface area contributed by atoms with E-state index < -0.39 is 5.60 Å². The predicted octanol–water partition coefficient (Wildman–Crippen LogP) is 1.47. The molecule has 3 nitrogen and oxygen atoms in total. The maximum atomic E-state index is 11.0. The van der Waals surface area contributed by atoms with Crippen molar-refractivity contribution in [3.8, 4) is 0 Å². The summed E-state index contributed by atoms with van der Waals surface area (Å²) >= 11 is 0. The fourth-order valence-electron chi connectivity index (χ4n) is 2.06. The molecule has 0 aromatic rings. The molecule has 0 unspecified atom stereocenters. The summed E-state index contributed by atoms with van der Waals surface area (Å²) < 4.78 is 5.55. The van der Waals surface area contributed by atoms with Gasteiger partial charge in [-0.25, -0.2) is 0 Å². The van der Waals surface area contributed by atoms with Crippen LogP contribution < -0.4 is 0 Å². The summed E-state index contributed by atoms with van der Waals surface area (Å²) in [6.07, 6.45) is 3.89. The Morgan fingerprint density at radius 1 is 1.36 bits per heavy atom. The molecule has 1 aliphatic rings. The number of nitrogens with zero attached hydrogens (tertiary/aromatic N) is 1. The molecule has 1 heterocycles. The topological polar surface area (TPSA) is 29.5 Å². The lowest BCUT2D eigenvalue weighted by molar-refractivity contribution is -0.137. The zero-order valence-electron chi connectivity index (χ0n) is 9.29. The highest BCUT2D eigenvalue weighted by atomic mass is 16.5. The lowest BCUT2D eigenvalue weighted by Crippen LogP contribution is -2.47. The van der Waals surface area contributed by atoms with E-state index in [0.717, 1.165) is 38.8 Å². The molecule has 82 valence electrons. The van der Waals surface area contributed by atoms with E-state index in [2.05, 4.69) is 11.8 Å². The Morgan fingerprint density at radius 3 is 2.43 bits per heavy atom. The lowest BCUT2D eigenvalue weighted by Gasteiger charge is -2.37. The average Bonchev–Trinajstić information content (AvgIpc) is 2.22. The van der Waals surface area contributed by atoms with Crippen LogP contribution >= 0.6 is 0 Å². The van der Waals surface area contributed by atoms with Gasteiger partial charge in [-0.2, -0.15) is 0 Å². The van der Waals surface area contributed by atoms with Crippen LogP contribution in [-0.4, -0.2) is 43.0 Å². The summed E-state index contributed by atoms with van der Waals surface area (Å²) in [5.41, 5.74) is -0.473. The molecule has 0 atom stereocenters. The molecule has 1 fully saturated rings. The molecule has 3 heteroatoms. The molecular weight excluding hydrogens is 178 g/mol. The average molecular weight is 199 g/mol. The Hall–Kier alpha value is -0.410. The fraction of sp³-hybridized carbons (Fsp3) is 0.909. The molecule has 0 aliphatic carbocycles. The van der Waals surface area contributed by atoms with Gasteiger partial charge in [-0.05, 0) is 32.7 Å². The molecule has 0 amide bonds. The summed E-state index contributed by atoms with van der Waals surface area (Å²) in [4.78, 5) is 13.4. The van der Waals surface area contributed by atoms with Crippen molar-refractivity contribution in [2.45, 2.75) is 38.7 Å². The Kier molecular flexibility index (Phi) is 4.55. The molecule has 0 aromatic carbocycles. The van der Waals surface area contributed by atoms with E-state index >= 15 is 0 Å². The third-order valence-electron chi connectivity index (χ3n) is 2.89. The summed E-state index contributed by atoms with van der Waals surface area (Å²) in [5.74, 6) is 0. The van der Waals surface area contributed by atoms with Gasteiger partial charge in [-0.3, -0.25) is 0 Å². The van der Waals surface area contributed by atoms with Gasteiger partial charge in [-0.15, -0.1) is 0 Å². The number of carbonyl (C=O) groups is 1. The van der Waals surface area contributed by atoms with E-state index in [-0.39, 0.29) is 0 Å². The second-order valence-corrected chi connectivity index (χ2v) is 3.96. The Labute approximate surface area is 86.4 Å². The van der Waals surface area contributed by atoms with Gasteiger partial charge < -0.3 is 14.4 Å². The Morgan fingerprint density at radius 2 is 2.00 bits per heavy atom. The van der Waals surface area contributed by atoms with Gasteiger partial charge in [0, 0.05) is 19.7 Å². The van der Waals surface area contributed by atoms with Crippen molar-refractivity contribution in [1.29, 1.82) is 0 Å². The van der Waals surface area contributed by atoms with Crippen molar-refractivity contribution in [2.75, 3.05) is 26.2 Å².